The van der Waals surface area contributed by atoms with Crippen LogP contribution in [0.15, 0.2) is 42.5 Å². The SMILES string of the molecule is CC1(C)Oc2ccc(C(N)=O)cc2[C@H](NCCc2ccc(F)cc2)[C@H]1O. The maximum atomic E-state index is 13.0. The third-order valence-corrected chi connectivity index (χ3v) is 4.72. The summed E-state index contributed by atoms with van der Waals surface area (Å²) in [6, 6.07) is 10.9. The van der Waals surface area contributed by atoms with Gasteiger partial charge in [-0.2, -0.15) is 0 Å². The Morgan fingerprint density at radius 1 is 1.27 bits per heavy atom. The highest BCUT2D eigenvalue weighted by molar-refractivity contribution is 5.93. The van der Waals surface area contributed by atoms with E-state index in [2.05, 4.69) is 5.32 Å². The fraction of sp³-hybridized carbons (Fsp3) is 0.350. The lowest BCUT2D eigenvalue weighted by Gasteiger charge is -2.42. The molecular weight excluding hydrogens is 335 g/mol. The van der Waals surface area contributed by atoms with E-state index in [4.69, 9.17) is 10.5 Å². The normalized spacial score (nSPS) is 20.9. The van der Waals surface area contributed by atoms with Crippen LogP contribution in [0.3, 0.4) is 0 Å². The summed E-state index contributed by atoms with van der Waals surface area (Å²) in [5.41, 5.74) is 6.65. The molecule has 0 aromatic heterocycles. The number of halogens is 1. The van der Waals surface area contributed by atoms with Gasteiger partial charge in [0.05, 0.1) is 6.04 Å². The topological polar surface area (TPSA) is 84.6 Å². The van der Waals surface area contributed by atoms with Crippen LogP contribution in [0, 0.1) is 5.82 Å². The van der Waals surface area contributed by atoms with Crippen molar-refractivity contribution in [1.29, 1.82) is 0 Å². The molecule has 0 saturated heterocycles. The molecule has 0 fully saturated rings. The Labute approximate surface area is 152 Å². The average molecular weight is 358 g/mol. The van der Waals surface area contributed by atoms with Crippen molar-refractivity contribution in [1.82, 2.24) is 5.32 Å². The zero-order valence-corrected chi connectivity index (χ0v) is 14.8. The smallest absolute Gasteiger partial charge is 0.248 e. The van der Waals surface area contributed by atoms with Gasteiger partial charge in [-0.1, -0.05) is 12.1 Å². The quantitative estimate of drug-likeness (QED) is 0.766. The average Bonchev–Trinajstić information content (AvgIpc) is 2.59. The van der Waals surface area contributed by atoms with Crippen molar-refractivity contribution in [2.75, 3.05) is 6.54 Å². The second kappa shape index (κ2) is 7.05. The van der Waals surface area contributed by atoms with E-state index in [-0.39, 0.29) is 5.82 Å². The predicted octanol–water partition coefficient (Wildman–Crippen LogP) is 2.33. The van der Waals surface area contributed by atoms with Gasteiger partial charge in [0.1, 0.15) is 23.3 Å². The molecule has 0 unspecified atom stereocenters. The van der Waals surface area contributed by atoms with E-state index in [0.717, 1.165) is 5.56 Å². The molecule has 6 heteroatoms. The Hall–Kier alpha value is -2.44. The summed E-state index contributed by atoms with van der Waals surface area (Å²) in [4.78, 5) is 11.5. The standard InChI is InChI=1S/C20H23FN2O3/c1-20(2)18(24)17(23-10-9-12-3-6-14(21)7-4-12)15-11-13(19(22)25)5-8-16(15)26-20/h3-8,11,17-18,23-24H,9-10H2,1-2H3,(H2,22,25)/t17-,18+/m0/s1. The summed E-state index contributed by atoms with van der Waals surface area (Å²) in [6.45, 7) is 4.21. The number of nitrogens with two attached hydrogens (primary N) is 1. The van der Waals surface area contributed by atoms with Crippen molar-refractivity contribution in [3.05, 3.63) is 65.0 Å². The minimum Gasteiger partial charge on any atom is -0.485 e. The highest BCUT2D eigenvalue weighted by atomic mass is 19.1. The monoisotopic (exact) mass is 358 g/mol. The van der Waals surface area contributed by atoms with Crippen LogP contribution in [0.5, 0.6) is 5.75 Å². The minimum absolute atomic E-state index is 0.267. The van der Waals surface area contributed by atoms with Crippen molar-refractivity contribution < 1.29 is 19.0 Å². The lowest BCUT2D eigenvalue weighted by atomic mass is 9.85. The Morgan fingerprint density at radius 2 is 1.96 bits per heavy atom. The van der Waals surface area contributed by atoms with Gasteiger partial charge in [-0.15, -0.1) is 0 Å². The van der Waals surface area contributed by atoms with E-state index in [0.29, 0.717) is 29.8 Å². The van der Waals surface area contributed by atoms with Gasteiger partial charge in [0.25, 0.3) is 0 Å². The molecule has 0 saturated carbocycles. The molecule has 138 valence electrons. The van der Waals surface area contributed by atoms with E-state index in [1.807, 2.05) is 13.8 Å². The number of benzene rings is 2. The first-order chi connectivity index (χ1) is 12.3. The zero-order valence-electron chi connectivity index (χ0n) is 14.8. The van der Waals surface area contributed by atoms with Crippen LogP contribution in [-0.4, -0.2) is 29.3 Å². The second-order valence-corrected chi connectivity index (χ2v) is 7.08. The molecule has 0 spiro atoms. The number of hydrogen-bond acceptors (Lipinski definition) is 4. The number of carbonyl (C=O) groups is 1. The second-order valence-electron chi connectivity index (χ2n) is 7.08. The molecule has 4 N–H and O–H groups in total. The zero-order chi connectivity index (χ0) is 18.9. The molecule has 1 aliphatic rings. The summed E-state index contributed by atoms with van der Waals surface area (Å²) < 4.78 is 18.9. The number of rotatable bonds is 5. The first-order valence-corrected chi connectivity index (χ1v) is 8.56. The number of aliphatic hydroxyl groups excluding tert-OH is 1. The van der Waals surface area contributed by atoms with Gasteiger partial charge < -0.3 is 20.9 Å². The number of carbonyl (C=O) groups excluding carboxylic acids is 1. The van der Waals surface area contributed by atoms with Crippen molar-refractivity contribution in [3.63, 3.8) is 0 Å². The third-order valence-electron chi connectivity index (χ3n) is 4.72. The number of fused-ring (bicyclic) bond motifs is 1. The first kappa shape index (κ1) is 18.4. The molecule has 1 aliphatic heterocycles. The van der Waals surface area contributed by atoms with Crippen LogP contribution in [0.2, 0.25) is 0 Å². The van der Waals surface area contributed by atoms with Crippen molar-refractivity contribution in [2.24, 2.45) is 5.73 Å². The van der Waals surface area contributed by atoms with Gasteiger partial charge in [0.2, 0.25) is 5.91 Å². The largest absolute Gasteiger partial charge is 0.485 e. The summed E-state index contributed by atoms with van der Waals surface area (Å²) in [5, 5.41) is 14.1. The van der Waals surface area contributed by atoms with E-state index in [9.17, 15) is 14.3 Å². The molecule has 1 heterocycles. The molecule has 1 amide bonds. The lowest BCUT2D eigenvalue weighted by molar-refractivity contribution is -0.0644. The number of hydrogen-bond donors (Lipinski definition) is 3. The summed E-state index contributed by atoms with van der Waals surface area (Å²) in [5.74, 6) is -0.182. The molecule has 2 aromatic rings. The van der Waals surface area contributed by atoms with E-state index in [1.54, 1.807) is 30.3 Å². The van der Waals surface area contributed by atoms with Crippen LogP contribution in [0.1, 0.15) is 41.4 Å². The van der Waals surface area contributed by atoms with E-state index >= 15 is 0 Å². The van der Waals surface area contributed by atoms with Gasteiger partial charge in [0, 0.05) is 11.1 Å². The Morgan fingerprint density at radius 3 is 2.62 bits per heavy atom. The van der Waals surface area contributed by atoms with E-state index in [1.165, 1.54) is 12.1 Å². The molecular formula is C20H23FN2O3. The maximum absolute atomic E-state index is 13.0. The molecule has 0 bridgehead atoms. The Kier molecular flexibility index (Phi) is 4.98. The molecule has 2 atom stereocenters. The predicted molar refractivity (Wildman–Crippen MR) is 96.5 cm³/mol. The van der Waals surface area contributed by atoms with Crippen molar-refractivity contribution in [3.8, 4) is 5.75 Å². The van der Waals surface area contributed by atoms with Gasteiger partial charge in [-0.3, -0.25) is 4.79 Å². The molecule has 0 aliphatic carbocycles. The fourth-order valence-corrected chi connectivity index (χ4v) is 3.20. The van der Waals surface area contributed by atoms with Gasteiger partial charge in [-0.25, -0.2) is 4.39 Å². The van der Waals surface area contributed by atoms with Crippen LogP contribution in [0.4, 0.5) is 4.39 Å². The molecule has 3 rings (SSSR count). The third kappa shape index (κ3) is 3.71. The molecule has 0 radical (unpaired) electrons. The Bertz CT molecular complexity index is 805. The number of primary amides is 1. The first-order valence-electron chi connectivity index (χ1n) is 8.56. The summed E-state index contributed by atoms with van der Waals surface area (Å²) in [7, 11) is 0. The fourth-order valence-electron chi connectivity index (χ4n) is 3.20. The molecule has 5 nitrogen and oxygen atoms in total. The van der Waals surface area contributed by atoms with Crippen molar-refractivity contribution in [2.45, 2.75) is 38.0 Å². The number of ether oxygens (including phenoxy) is 1. The number of amides is 1. The maximum Gasteiger partial charge on any atom is 0.248 e. The number of nitrogens with one attached hydrogen (secondary N) is 1. The van der Waals surface area contributed by atoms with Crippen LogP contribution in [0.25, 0.3) is 0 Å². The van der Waals surface area contributed by atoms with Gasteiger partial charge >= 0.3 is 0 Å². The molecule has 26 heavy (non-hydrogen) atoms. The van der Waals surface area contributed by atoms with Gasteiger partial charge in [0.15, 0.2) is 0 Å². The van der Waals surface area contributed by atoms with Crippen LogP contribution in [-0.2, 0) is 6.42 Å². The van der Waals surface area contributed by atoms with Crippen molar-refractivity contribution >= 4 is 5.91 Å². The highest BCUT2D eigenvalue weighted by Crippen LogP contribution is 2.40. The molecule has 2 aromatic carbocycles. The van der Waals surface area contributed by atoms with Crippen LogP contribution < -0.4 is 15.8 Å². The van der Waals surface area contributed by atoms with Gasteiger partial charge in [-0.05, 0) is 62.7 Å². The highest BCUT2D eigenvalue weighted by Gasteiger charge is 2.42. The van der Waals surface area contributed by atoms with E-state index < -0.39 is 23.7 Å². The lowest BCUT2D eigenvalue weighted by Crippen LogP contribution is -2.52. The summed E-state index contributed by atoms with van der Waals surface area (Å²) >= 11 is 0. The number of aliphatic hydroxyl groups is 1. The van der Waals surface area contributed by atoms with Crippen LogP contribution >= 0.6 is 0 Å². The minimum atomic E-state index is -0.814. The summed E-state index contributed by atoms with van der Waals surface area (Å²) in [6.07, 6.45) is -0.137. The Balaban J connectivity index is 1.81.